The number of hydrogen-bond donors (Lipinski definition) is 3. The van der Waals surface area contributed by atoms with Crippen molar-refractivity contribution in [2.45, 2.75) is 89.3 Å². The number of aromatic amines is 1. The van der Waals surface area contributed by atoms with E-state index in [9.17, 15) is 18.4 Å². The molecule has 1 aliphatic heterocycles. The molecule has 0 spiro atoms. The van der Waals surface area contributed by atoms with Crippen LogP contribution < -0.4 is 10.6 Å². The van der Waals surface area contributed by atoms with E-state index >= 15 is 0 Å². The number of benzene rings is 1. The molecule has 1 aromatic carbocycles. The van der Waals surface area contributed by atoms with Crippen molar-refractivity contribution in [1.29, 1.82) is 0 Å². The lowest BCUT2D eigenvalue weighted by Crippen LogP contribution is -2.42. The van der Waals surface area contributed by atoms with Gasteiger partial charge in [-0.2, -0.15) is 0 Å². The SMILES string of the molecule is Cc1nonc1C(=O)NC(c1nc2ccc([C@H](NC(=O)CC3CC(F)(F)C3)C3CC3)cc2[nH]1)[C@@H]1CCOC(C)(C)C1. The lowest BCUT2D eigenvalue weighted by atomic mass is 9.79. The Balaban J connectivity index is 1.24. The van der Waals surface area contributed by atoms with Gasteiger partial charge in [-0.05, 0) is 87.1 Å². The molecule has 12 heteroatoms. The van der Waals surface area contributed by atoms with Crippen LogP contribution in [0.3, 0.4) is 0 Å². The second-order valence-electron chi connectivity index (χ2n) is 12.6. The highest BCUT2D eigenvalue weighted by molar-refractivity contribution is 5.93. The van der Waals surface area contributed by atoms with Gasteiger partial charge in [-0.1, -0.05) is 11.2 Å². The first-order valence-electron chi connectivity index (χ1n) is 14.4. The van der Waals surface area contributed by atoms with E-state index in [2.05, 4.69) is 25.9 Å². The molecule has 2 aliphatic carbocycles. The third kappa shape index (κ3) is 6.12. The van der Waals surface area contributed by atoms with E-state index in [1.165, 1.54) is 0 Å². The minimum Gasteiger partial charge on any atom is -0.376 e. The maximum atomic E-state index is 13.2. The Morgan fingerprint density at radius 2 is 1.85 bits per heavy atom. The predicted molar refractivity (Wildman–Crippen MR) is 144 cm³/mol. The van der Waals surface area contributed by atoms with Gasteiger partial charge in [0.25, 0.3) is 5.91 Å². The van der Waals surface area contributed by atoms with Gasteiger partial charge in [-0.15, -0.1) is 0 Å². The zero-order chi connectivity index (χ0) is 28.9. The van der Waals surface area contributed by atoms with Crippen molar-refractivity contribution >= 4 is 22.8 Å². The molecule has 6 rings (SSSR count). The fourth-order valence-corrected chi connectivity index (χ4v) is 6.33. The summed E-state index contributed by atoms with van der Waals surface area (Å²) in [4.78, 5) is 34.2. The summed E-state index contributed by atoms with van der Waals surface area (Å²) in [5, 5.41) is 13.7. The summed E-state index contributed by atoms with van der Waals surface area (Å²) in [5.41, 5.74) is 2.67. The van der Waals surface area contributed by atoms with E-state index < -0.39 is 12.0 Å². The number of amides is 2. The number of ether oxygens (including phenoxy) is 1. The maximum Gasteiger partial charge on any atom is 0.276 e. The van der Waals surface area contributed by atoms with E-state index in [-0.39, 0.29) is 60.2 Å². The fraction of sp³-hybridized carbons (Fsp3) is 0.621. The third-order valence-electron chi connectivity index (χ3n) is 8.60. The second-order valence-corrected chi connectivity index (χ2v) is 12.6. The Kier molecular flexibility index (Phi) is 7.07. The lowest BCUT2D eigenvalue weighted by molar-refractivity contribution is -0.134. The van der Waals surface area contributed by atoms with Gasteiger partial charge in [-0.25, -0.2) is 18.4 Å². The van der Waals surface area contributed by atoms with Gasteiger partial charge in [0.05, 0.1) is 28.7 Å². The number of nitrogens with zero attached hydrogens (tertiary/aromatic N) is 3. The van der Waals surface area contributed by atoms with Crippen LogP contribution in [0, 0.1) is 24.7 Å². The predicted octanol–water partition coefficient (Wildman–Crippen LogP) is 4.93. The molecule has 3 heterocycles. The third-order valence-corrected chi connectivity index (χ3v) is 8.60. The molecule has 0 radical (unpaired) electrons. The van der Waals surface area contributed by atoms with Crippen molar-refractivity contribution in [3.05, 3.63) is 41.0 Å². The number of nitrogens with one attached hydrogen (secondary N) is 3. The first-order chi connectivity index (χ1) is 19.5. The number of aromatic nitrogens is 4. The van der Waals surface area contributed by atoms with E-state index in [1.54, 1.807) is 6.92 Å². The van der Waals surface area contributed by atoms with Crippen molar-refractivity contribution < 1.29 is 27.7 Å². The molecule has 2 aromatic heterocycles. The van der Waals surface area contributed by atoms with E-state index in [0.29, 0.717) is 24.0 Å². The summed E-state index contributed by atoms with van der Waals surface area (Å²) in [6, 6.07) is 5.25. The van der Waals surface area contributed by atoms with Crippen molar-refractivity contribution in [1.82, 2.24) is 30.9 Å². The van der Waals surface area contributed by atoms with Gasteiger partial charge in [0, 0.05) is 25.9 Å². The summed E-state index contributed by atoms with van der Waals surface area (Å²) in [6.07, 6.45) is 3.16. The lowest BCUT2D eigenvalue weighted by Gasteiger charge is -2.38. The minimum atomic E-state index is -2.63. The van der Waals surface area contributed by atoms with Crippen LogP contribution in [-0.4, -0.2) is 50.2 Å². The number of hydrogen-bond acceptors (Lipinski definition) is 7. The molecule has 3 N–H and O–H groups in total. The minimum absolute atomic E-state index is 0.0558. The highest BCUT2D eigenvalue weighted by Gasteiger charge is 2.46. The van der Waals surface area contributed by atoms with Crippen LogP contribution in [0.2, 0.25) is 0 Å². The normalized spacial score (nSPS) is 23.5. The monoisotopic (exact) mass is 570 g/mol. The molecular formula is C29H36F2N6O4. The molecular weight excluding hydrogens is 534 g/mol. The van der Waals surface area contributed by atoms with Crippen molar-refractivity contribution in [2.24, 2.45) is 17.8 Å². The number of alkyl halides is 2. The average molecular weight is 571 g/mol. The van der Waals surface area contributed by atoms with E-state index in [1.807, 2.05) is 32.0 Å². The number of fused-ring (bicyclic) bond motifs is 1. The molecule has 41 heavy (non-hydrogen) atoms. The Hall–Kier alpha value is -3.41. The molecule has 3 fully saturated rings. The van der Waals surface area contributed by atoms with Crippen LogP contribution in [0.25, 0.3) is 11.0 Å². The number of rotatable bonds is 9. The number of H-pyrrole nitrogens is 1. The van der Waals surface area contributed by atoms with Gasteiger partial charge in [0.15, 0.2) is 5.69 Å². The Morgan fingerprint density at radius 3 is 2.51 bits per heavy atom. The van der Waals surface area contributed by atoms with Crippen LogP contribution in [0.1, 0.15) is 98.4 Å². The van der Waals surface area contributed by atoms with Gasteiger partial charge < -0.3 is 20.4 Å². The highest BCUT2D eigenvalue weighted by atomic mass is 19.3. The van der Waals surface area contributed by atoms with Crippen molar-refractivity contribution in [3.63, 3.8) is 0 Å². The summed E-state index contributed by atoms with van der Waals surface area (Å²) >= 11 is 0. The molecule has 3 aliphatic rings. The van der Waals surface area contributed by atoms with Crippen LogP contribution in [0.15, 0.2) is 22.8 Å². The maximum absolute atomic E-state index is 13.2. The molecule has 0 bridgehead atoms. The molecule has 2 saturated carbocycles. The molecule has 1 unspecified atom stereocenters. The van der Waals surface area contributed by atoms with Gasteiger partial charge >= 0.3 is 0 Å². The van der Waals surface area contributed by atoms with Gasteiger partial charge in [-0.3, -0.25) is 9.59 Å². The molecule has 3 atom stereocenters. The van der Waals surface area contributed by atoms with E-state index in [4.69, 9.17) is 14.3 Å². The number of imidazole rings is 1. The number of aryl methyl sites for hydroxylation is 1. The quantitative estimate of drug-likeness (QED) is 0.332. The van der Waals surface area contributed by atoms with Crippen molar-refractivity contribution in [3.8, 4) is 0 Å². The first-order valence-corrected chi connectivity index (χ1v) is 14.4. The average Bonchev–Trinajstić information content (AvgIpc) is 3.49. The molecule has 10 nitrogen and oxygen atoms in total. The molecule has 1 saturated heterocycles. The van der Waals surface area contributed by atoms with Crippen LogP contribution >= 0.6 is 0 Å². The standard InChI is InChI=1S/C29H36F2N6O4/c1-15-23(37-41-36-15)27(39)35-25(19-8-9-40-28(2,3)14-19)26-32-20-7-6-18(11-21(20)33-26)24(17-4-5-17)34-22(38)10-16-12-29(30,31)13-16/h6-7,11,16-17,19,24-25H,4-5,8-10,12-14H2,1-3H3,(H,32,33)(H,34,38)(H,35,39)/t19-,24-,25?/m1/s1. The van der Waals surface area contributed by atoms with E-state index in [0.717, 1.165) is 42.3 Å². The smallest absolute Gasteiger partial charge is 0.276 e. The summed E-state index contributed by atoms with van der Waals surface area (Å²) < 4.78 is 37.2. The largest absolute Gasteiger partial charge is 0.376 e. The topological polar surface area (TPSA) is 135 Å². The van der Waals surface area contributed by atoms with Gasteiger partial charge in [0.1, 0.15) is 11.5 Å². The number of carbonyl (C=O) groups is 2. The summed E-state index contributed by atoms with van der Waals surface area (Å²) in [7, 11) is 0. The Bertz CT molecular complexity index is 1440. The number of halogens is 2. The summed E-state index contributed by atoms with van der Waals surface area (Å²) in [5.74, 6) is -2.47. The highest BCUT2D eigenvalue weighted by Crippen LogP contribution is 2.45. The molecule has 3 aromatic rings. The zero-order valence-electron chi connectivity index (χ0n) is 23.5. The van der Waals surface area contributed by atoms with Crippen LogP contribution in [-0.2, 0) is 9.53 Å². The summed E-state index contributed by atoms with van der Waals surface area (Å²) in [6.45, 7) is 6.31. The van der Waals surface area contributed by atoms with Gasteiger partial charge in [0.2, 0.25) is 11.8 Å². The zero-order valence-corrected chi connectivity index (χ0v) is 23.5. The second kappa shape index (κ2) is 10.5. The first kappa shape index (κ1) is 27.7. The fourth-order valence-electron chi connectivity index (χ4n) is 6.33. The Morgan fingerprint density at radius 1 is 1.07 bits per heavy atom. The Labute approximate surface area is 236 Å². The van der Waals surface area contributed by atoms with Crippen molar-refractivity contribution in [2.75, 3.05) is 6.61 Å². The molecule has 2 amide bonds. The van der Waals surface area contributed by atoms with Crippen LogP contribution in [0.4, 0.5) is 8.78 Å². The number of carbonyl (C=O) groups excluding carboxylic acids is 2. The van der Waals surface area contributed by atoms with Crippen LogP contribution in [0.5, 0.6) is 0 Å². The molecule has 220 valence electrons.